The Kier molecular flexibility index (Phi) is 9.04. The van der Waals surface area contributed by atoms with E-state index in [1.54, 1.807) is 0 Å². The number of hydrogen-bond donors (Lipinski definition) is 2. The van der Waals surface area contributed by atoms with E-state index in [2.05, 4.69) is 8.37 Å². The zero-order chi connectivity index (χ0) is 14.1. The summed E-state index contributed by atoms with van der Waals surface area (Å²) in [5.41, 5.74) is 0. The van der Waals surface area contributed by atoms with Crippen LogP contribution in [0.15, 0.2) is 12.1 Å². The van der Waals surface area contributed by atoms with Gasteiger partial charge in [0.2, 0.25) is 5.75 Å². The summed E-state index contributed by atoms with van der Waals surface area (Å²) in [4.78, 5) is 0. The van der Waals surface area contributed by atoms with Gasteiger partial charge in [-0.2, -0.15) is 0 Å². The Morgan fingerprint density at radius 3 is 1.75 bits per heavy atom. The molecule has 102 valence electrons. The van der Waals surface area contributed by atoms with Crippen LogP contribution in [0, 0.1) is 0 Å². The summed E-state index contributed by atoms with van der Waals surface area (Å²) in [7, 11) is -10.5. The molecule has 2 N–H and O–H groups in total. The van der Waals surface area contributed by atoms with Crippen LogP contribution in [-0.4, -0.2) is 36.2 Å². The fraction of sp³-hybridized carbons (Fsp3) is 0. The third kappa shape index (κ3) is 7.87. The van der Waals surface area contributed by atoms with Crippen molar-refractivity contribution in [1.29, 1.82) is 0 Å². The number of rotatable bonds is 4. The number of hydrogen-bond acceptors (Lipinski definition) is 10. The van der Waals surface area contributed by atoms with E-state index in [9.17, 15) is 25.9 Å². The third-order valence-electron chi connectivity index (χ3n) is 1.42. The van der Waals surface area contributed by atoms with Gasteiger partial charge in [0.05, 0.1) is 0 Å². The van der Waals surface area contributed by atoms with Crippen LogP contribution in [0.2, 0.25) is 0 Å². The molecule has 1 rings (SSSR count). The largest absolute Gasteiger partial charge is 1.00 e. The second kappa shape index (κ2) is 8.03. The summed E-state index contributed by atoms with van der Waals surface area (Å²) >= 11 is 0. The first-order valence-electron chi connectivity index (χ1n) is 3.84. The molecule has 20 heavy (non-hydrogen) atoms. The number of benzene rings is 1. The molecule has 0 atom stereocenters. The van der Waals surface area contributed by atoms with Gasteiger partial charge in [-0.3, -0.25) is 0 Å². The molecular formula is C6H4Na2O10S2. The zero-order valence-electron chi connectivity index (χ0n) is 10.1. The second-order valence-corrected chi connectivity index (χ2v) is 4.74. The molecule has 0 radical (unpaired) electrons. The Morgan fingerprint density at radius 1 is 0.900 bits per heavy atom. The summed E-state index contributed by atoms with van der Waals surface area (Å²) in [5.74, 6) is -4.15. The molecule has 0 aliphatic heterocycles. The summed E-state index contributed by atoms with van der Waals surface area (Å²) < 4.78 is 69.0. The fourth-order valence-corrected chi connectivity index (χ4v) is 1.59. The molecule has 1 aromatic carbocycles. The summed E-state index contributed by atoms with van der Waals surface area (Å²) in [5, 5.41) is 18.2. The Bertz CT molecular complexity index is 667. The molecule has 1 aromatic rings. The van der Waals surface area contributed by atoms with E-state index in [1.807, 2.05) is 0 Å². The smallest absolute Gasteiger partial charge is 0.716 e. The molecule has 10 nitrogen and oxygen atoms in total. The minimum atomic E-state index is -5.28. The number of phenols is 2. The third-order valence-corrected chi connectivity index (χ3v) is 2.20. The van der Waals surface area contributed by atoms with Gasteiger partial charge >= 0.3 is 59.1 Å². The molecular weight excluding hydrogens is 342 g/mol. The van der Waals surface area contributed by atoms with Gasteiger partial charge in [0.25, 0.3) is 20.8 Å². The molecule has 0 aliphatic rings. The van der Waals surface area contributed by atoms with Crippen LogP contribution in [0.4, 0.5) is 0 Å². The fourth-order valence-electron chi connectivity index (χ4n) is 0.908. The van der Waals surface area contributed by atoms with Gasteiger partial charge < -0.3 is 27.7 Å². The predicted octanol–water partition coefficient (Wildman–Crippen LogP) is -7.22. The van der Waals surface area contributed by atoms with Crippen LogP contribution in [0.3, 0.4) is 0 Å². The van der Waals surface area contributed by atoms with Gasteiger partial charge in [-0.05, 0) is 0 Å². The van der Waals surface area contributed by atoms with Gasteiger partial charge in [-0.1, -0.05) is 0 Å². The SMILES string of the molecule is O=S(=O)([O-])Oc1cc(O)c(O)c(OS(=O)(=O)[O-])c1.[Na+].[Na+]. The molecule has 0 unspecified atom stereocenters. The maximum absolute atomic E-state index is 10.3. The van der Waals surface area contributed by atoms with Crippen molar-refractivity contribution < 1.29 is 104 Å². The molecule has 0 aromatic heterocycles. The predicted molar refractivity (Wildman–Crippen MR) is 50.4 cm³/mol. The van der Waals surface area contributed by atoms with Crippen LogP contribution in [0.1, 0.15) is 0 Å². The number of phenolic OH excluding ortho intramolecular Hbond substituents is 2. The van der Waals surface area contributed by atoms with Crippen molar-refractivity contribution in [2.45, 2.75) is 0 Å². The molecule has 0 bridgehead atoms. The topological polar surface area (TPSA) is 173 Å². The molecule has 0 saturated carbocycles. The van der Waals surface area contributed by atoms with E-state index in [0.717, 1.165) is 0 Å². The standard InChI is InChI=1S/C6H6O10S2.2Na/c7-4-1-3(15-17(9,10)11)2-5(6(4)8)16-18(12,13)14;;/h1-2,7-8H,(H,9,10,11)(H,12,13,14);;/q;2*+1/p-2. The molecule has 0 fully saturated rings. The van der Waals surface area contributed by atoms with Gasteiger partial charge in [-0.25, -0.2) is 16.8 Å². The van der Waals surface area contributed by atoms with Crippen molar-refractivity contribution in [2.24, 2.45) is 0 Å². The summed E-state index contributed by atoms with van der Waals surface area (Å²) in [6, 6.07) is 0.912. The Morgan fingerprint density at radius 2 is 1.35 bits per heavy atom. The van der Waals surface area contributed by atoms with Crippen molar-refractivity contribution in [3.63, 3.8) is 0 Å². The first-order valence-corrected chi connectivity index (χ1v) is 6.51. The van der Waals surface area contributed by atoms with Crippen molar-refractivity contribution in [3.8, 4) is 23.0 Å². The van der Waals surface area contributed by atoms with Gasteiger partial charge in [-0.15, -0.1) is 0 Å². The monoisotopic (exact) mass is 346 g/mol. The maximum atomic E-state index is 10.3. The molecule has 0 heterocycles. The molecule has 0 spiro atoms. The average Bonchev–Trinajstić information content (AvgIpc) is 2.08. The van der Waals surface area contributed by atoms with Crippen molar-refractivity contribution in [1.82, 2.24) is 0 Å². The Hall–Kier alpha value is 0.240. The molecule has 0 aliphatic carbocycles. The quantitative estimate of drug-likeness (QED) is 0.231. The van der Waals surface area contributed by atoms with E-state index in [1.165, 1.54) is 0 Å². The van der Waals surface area contributed by atoms with Gasteiger partial charge in [0.15, 0.2) is 11.5 Å². The van der Waals surface area contributed by atoms with Gasteiger partial charge in [0.1, 0.15) is 5.75 Å². The van der Waals surface area contributed by atoms with Gasteiger partial charge in [0, 0.05) is 12.1 Å². The van der Waals surface area contributed by atoms with Crippen LogP contribution in [-0.2, 0) is 20.8 Å². The molecule has 0 amide bonds. The van der Waals surface area contributed by atoms with E-state index in [0.29, 0.717) is 12.1 Å². The van der Waals surface area contributed by atoms with Crippen LogP contribution in [0.25, 0.3) is 0 Å². The van der Waals surface area contributed by atoms with E-state index < -0.39 is 43.8 Å². The first kappa shape index (κ1) is 22.5. The Labute approximate surface area is 158 Å². The first-order chi connectivity index (χ1) is 7.98. The average molecular weight is 346 g/mol. The minimum absolute atomic E-state index is 0. The van der Waals surface area contributed by atoms with E-state index in [4.69, 9.17) is 10.2 Å². The molecule has 0 saturated heterocycles. The van der Waals surface area contributed by atoms with Crippen LogP contribution < -0.4 is 67.5 Å². The normalized spacial score (nSPS) is 10.9. The minimum Gasteiger partial charge on any atom is -0.716 e. The summed E-state index contributed by atoms with van der Waals surface area (Å²) in [6.07, 6.45) is 0. The van der Waals surface area contributed by atoms with Crippen LogP contribution in [0.5, 0.6) is 23.0 Å². The Balaban J connectivity index is 0. The van der Waals surface area contributed by atoms with Crippen molar-refractivity contribution >= 4 is 20.8 Å². The molecule has 14 heteroatoms. The number of aromatic hydroxyl groups is 2. The van der Waals surface area contributed by atoms with Crippen molar-refractivity contribution in [2.75, 3.05) is 0 Å². The van der Waals surface area contributed by atoms with E-state index >= 15 is 0 Å². The zero-order valence-corrected chi connectivity index (χ0v) is 15.8. The second-order valence-electron chi connectivity index (χ2n) is 2.77. The maximum Gasteiger partial charge on any atom is 1.00 e. The van der Waals surface area contributed by atoms with Crippen LogP contribution >= 0.6 is 0 Å². The van der Waals surface area contributed by atoms with Crippen molar-refractivity contribution in [3.05, 3.63) is 12.1 Å². The summed E-state index contributed by atoms with van der Waals surface area (Å²) in [6.45, 7) is 0. The van der Waals surface area contributed by atoms with E-state index in [-0.39, 0.29) is 59.1 Å².